The Morgan fingerprint density at radius 3 is 1.80 bits per heavy atom. The molecule has 2 aromatic carbocycles. The maximum atomic E-state index is 13.2. The van der Waals surface area contributed by atoms with Crippen LogP contribution in [0, 0.1) is 10.1 Å². The SMILES string of the molecule is COC(=O)c1cc(CCOc2cc([N+](=O)[O-])c(C(=O)OC)cc2OC)c(Cl)cc1N(C(=O)OC(C)(C)C)C(=O)OC(C)(C)C. The van der Waals surface area contributed by atoms with Crippen molar-refractivity contribution in [3.8, 4) is 11.5 Å². The number of hydrogen-bond donors (Lipinski definition) is 0. The first-order valence-electron chi connectivity index (χ1n) is 13.1. The van der Waals surface area contributed by atoms with Gasteiger partial charge in [-0.15, -0.1) is 0 Å². The highest BCUT2D eigenvalue weighted by Gasteiger charge is 2.36. The lowest BCUT2D eigenvalue weighted by Crippen LogP contribution is -2.44. The van der Waals surface area contributed by atoms with Gasteiger partial charge >= 0.3 is 24.1 Å². The van der Waals surface area contributed by atoms with E-state index in [-0.39, 0.29) is 46.4 Å². The summed E-state index contributed by atoms with van der Waals surface area (Å²) >= 11 is 6.54. The van der Waals surface area contributed by atoms with Gasteiger partial charge in [0.2, 0.25) is 0 Å². The van der Waals surface area contributed by atoms with Gasteiger partial charge in [-0.2, -0.15) is 4.90 Å². The molecule has 2 aromatic rings. The summed E-state index contributed by atoms with van der Waals surface area (Å²) in [5, 5.41) is 11.6. The summed E-state index contributed by atoms with van der Waals surface area (Å²) in [4.78, 5) is 62.6. The molecule has 0 atom stereocenters. The van der Waals surface area contributed by atoms with Crippen LogP contribution in [0.2, 0.25) is 5.02 Å². The lowest BCUT2D eigenvalue weighted by Gasteiger charge is -2.29. The molecule has 0 radical (unpaired) electrons. The fourth-order valence-corrected chi connectivity index (χ4v) is 3.91. The van der Waals surface area contributed by atoms with Crippen molar-refractivity contribution in [2.75, 3.05) is 32.8 Å². The molecule has 2 amide bonds. The van der Waals surface area contributed by atoms with Gasteiger partial charge in [-0.25, -0.2) is 19.2 Å². The molecule has 0 unspecified atom stereocenters. The highest BCUT2D eigenvalue weighted by molar-refractivity contribution is 6.32. The van der Waals surface area contributed by atoms with Crippen molar-refractivity contribution in [1.82, 2.24) is 0 Å². The number of halogens is 1. The van der Waals surface area contributed by atoms with Crippen molar-refractivity contribution < 1.29 is 52.5 Å². The first-order chi connectivity index (χ1) is 20.3. The molecule has 0 spiro atoms. The summed E-state index contributed by atoms with van der Waals surface area (Å²) in [5.74, 6) is -1.85. The molecule has 0 saturated heterocycles. The fraction of sp³-hybridized carbons (Fsp3) is 0.448. The highest BCUT2D eigenvalue weighted by atomic mass is 35.5. The highest BCUT2D eigenvalue weighted by Crippen LogP contribution is 2.36. The first kappa shape index (κ1) is 35.6. The Labute approximate surface area is 259 Å². The number of rotatable bonds is 9. The van der Waals surface area contributed by atoms with Crippen molar-refractivity contribution in [1.29, 1.82) is 0 Å². The molecule has 0 aromatic heterocycles. The van der Waals surface area contributed by atoms with E-state index in [4.69, 9.17) is 35.3 Å². The molecule has 44 heavy (non-hydrogen) atoms. The third kappa shape index (κ3) is 9.20. The number of nitro benzene ring substituents is 1. The van der Waals surface area contributed by atoms with Gasteiger partial charge in [-0.3, -0.25) is 10.1 Å². The van der Waals surface area contributed by atoms with Gasteiger partial charge in [-0.1, -0.05) is 11.6 Å². The van der Waals surface area contributed by atoms with Crippen LogP contribution in [0.5, 0.6) is 11.5 Å². The van der Waals surface area contributed by atoms with E-state index in [9.17, 15) is 29.3 Å². The van der Waals surface area contributed by atoms with Crippen molar-refractivity contribution in [2.45, 2.75) is 59.2 Å². The summed E-state index contributed by atoms with van der Waals surface area (Å²) in [5.41, 5.74) is -3.02. The van der Waals surface area contributed by atoms with E-state index < -0.39 is 45.9 Å². The molecule has 0 aliphatic rings. The Kier molecular flexibility index (Phi) is 11.5. The van der Waals surface area contributed by atoms with Crippen LogP contribution in [0.25, 0.3) is 0 Å². The number of esters is 2. The summed E-state index contributed by atoms with van der Waals surface area (Å²) in [7, 11) is 3.49. The molecule has 0 N–H and O–H groups in total. The zero-order chi connectivity index (χ0) is 33.6. The number of imide groups is 1. The number of anilines is 1. The monoisotopic (exact) mass is 638 g/mol. The molecule has 15 heteroatoms. The fourth-order valence-electron chi connectivity index (χ4n) is 3.66. The molecule has 0 bridgehead atoms. The van der Waals surface area contributed by atoms with E-state index in [0.717, 1.165) is 26.4 Å². The normalized spacial score (nSPS) is 11.2. The van der Waals surface area contributed by atoms with E-state index in [1.165, 1.54) is 19.2 Å². The second-order valence-corrected chi connectivity index (χ2v) is 11.5. The predicted octanol–water partition coefficient (Wildman–Crippen LogP) is 6.13. The molecule has 240 valence electrons. The average Bonchev–Trinajstić information content (AvgIpc) is 2.90. The molecule has 0 aliphatic carbocycles. The number of nitrogens with zero attached hydrogens (tertiary/aromatic N) is 2. The van der Waals surface area contributed by atoms with Gasteiger partial charge in [0.15, 0.2) is 11.5 Å². The van der Waals surface area contributed by atoms with Gasteiger partial charge in [0, 0.05) is 17.5 Å². The Balaban J connectivity index is 2.53. The van der Waals surface area contributed by atoms with E-state index in [0.29, 0.717) is 10.5 Å². The van der Waals surface area contributed by atoms with Crippen molar-refractivity contribution in [3.63, 3.8) is 0 Å². The Morgan fingerprint density at radius 1 is 0.818 bits per heavy atom. The maximum Gasteiger partial charge on any atom is 0.424 e. The van der Waals surface area contributed by atoms with Crippen molar-refractivity contribution in [2.24, 2.45) is 0 Å². The Bertz CT molecular complexity index is 1420. The molecule has 14 nitrogen and oxygen atoms in total. The Hall–Kier alpha value is -4.59. The smallest absolute Gasteiger partial charge is 0.424 e. The summed E-state index contributed by atoms with van der Waals surface area (Å²) in [6.45, 7) is 9.46. The quantitative estimate of drug-likeness (QED) is 0.133. The molecule has 0 heterocycles. The largest absolute Gasteiger partial charge is 0.493 e. The number of nitro groups is 1. The zero-order valence-corrected chi connectivity index (χ0v) is 26.7. The van der Waals surface area contributed by atoms with E-state index in [1.54, 1.807) is 41.5 Å². The molecular formula is C29H35ClN2O12. The summed E-state index contributed by atoms with van der Waals surface area (Å²) in [6, 6.07) is 4.68. The van der Waals surface area contributed by atoms with Gasteiger partial charge in [0.25, 0.3) is 5.69 Å². The Morgan fingerprint density at radius 2 is 1.34 bits per heavy atom. The molecule has 2 rings (SSSR count). The van der Waals surface area contributed by atoms with Crippen LogP contribution in [0.15, 0.2) is 24.3 Å². The van der Waals surface area contributed by atoms with Crippen molar-refractivity contribution >= 4 is 47.1 Å². The lowest BCUT2D eigenvalue weighted by molar-refractivity contribution is -0.385. The lowest BCUT2D eigenvalue weighted by atomic mass is 10.1. The standard InChI is InChI=1S/C29H35ClN2O12/c1-28(2,3)43-26(35)31(27(36)44-29(4,5)6)20-14-19(30)16(12-17(20)24(33)40-8)10-11-42-23-15-21(32(37)38)18(25(34)41-9)13-22(23)39-7/h12-15H,10-11H2,1-9H3. The third-order valence-electron chi connectivity index (χ3n) is 5.48. The summed E-state index contributed by atoms with van der Waals surface area (Å²) in [6.07, 6.45) is -2.20. The van der Waals surface area contributed by atoms with Gasteiger partial charge < -0.3 is 28.4 Å². The van der Waals surface area contributed by atoms with Gasteiger partial charge in [0.05, 0.1) is 50.2 Å². The van der Waals surface area contributed by atoms with E-state index >= 15 is 0 Å². The van der Waals surface area contributed by atoms with E-state index in [1.807, 2.05) is 0 Å². The number of ether oxygens (including phenoxy) is 6. The first-order valence-corrected chi connectivity index (χ1v) is 13.5. The number of amides is 2. The van der Waals surface area contributed by atoms with Crippen LogP contribution in [0.1, 0.15) is 67.8 Å². The maximum absolute atomic E-state index is 13.2. The van der Waals surface area contributed by atoms with Gasteiger partial charge in [-0.05, 0) is 59.2 Å². The molecule has 0 saturated carbocycles. The van der Waals surface area contributed by atoms with Gasteiger partial charge in [0.1, 0.15) is 16.8 Å². The topological polar surface area (TPSA) is 170 Å². The van der Waals surface area contributed by atoms with Crippen molar-refractivity contribution in [3.05, 3.63) is 56.1 Å². The third-order valence-corrected chi connectivity index (χ3v) is 5.83. The number of carbonyl (C=O) groups excluding carboxylic acids is 4. The minimum atomic E-state index is -1.12. The molecule has 0 aliphatic heterocycles. The van der Waals surface area contributed by atoms with Crippen LogP contribution in [-0.4, -0.2) is 68.2 Å². The van der Waals surface area contributed by atoms with E-state index in [2.05, 4.69) is 4.74 Å². The molecular weight excluding hydrogens is 604 g/mol. The minimum Gasteiger partial charge on any atom is -0.493 e. The predicted molar refractivity (Wildman–Crippen MR) is 158 cm³/mol. The van der Waals surface area contributed by atoms with Crippen LogP contribution in [0.3, 0.4) is 0 Å². The van der Waals surface area contributed by atoms with Crippen LogP contribution < -0.4 is 14.4 Å². The zero-order valence-electron chi connectivity index (χ0n) is 25.9. The molecule has 0 fully saturated rings. The average molecular weight is 639 g/mol. The van der Waals surface area contributed by atoms with Crippen LogP contribution >= 0.6 is 11.6 Å². The second kappa shape index (κ2) is 14.3. The summed E-state index contributed by atoms with van der Waals surface area (Å²) < 4.78 is 31.3. The van der Waals surface area contributed by atoms with Crippen LogP contribution in [0.4, 0.5) is 21.0 Å². The van der Waals surface area contributed by atoms with Crippen LogP contribution in [-0.2, 0) is 25.4 Å². The number of carbonyl (C=O) groups is 4. The minimum absolute atomic E-state index is 0.0260. The number of benzene rings is 2. The number of hydrogen-bond acceptors (Lipinski definition) is 12. The second-order valence-electron chi connectivity index (χ2n) is 11.1. The number of methoxy groups -OCH3 is 3.